The van der Waals surface area contributed by atoms with Crippen molar-refractivity contribution in [1.29, 1.82) is 0 Å². The van der Waals surface area contributed by atoms with Crippen LogP contribution in [0, 0.1) is 4.77 Å². The lowest BCUT2D eigenvalue weighted by Crippen LogP contribution is -2.28. The molecule has 1 heterocycles. The fraction of sp³-hybridized carbons (Fsp3) is 0.111. The number of imidazole rings is 1. The summed E-state index contributed by atoms with van der Waals surface area (Å²) in [6.07, 6.45) is 1.64. The molecule has 0 fully saturated rings. The molecule has 1 N–H and O–H groups in total. The van der Waals surface area contributed by atoms with E-state index < -0.39 is 0 Å². The molecule has 0 atom stereocenters. The molecule has 0 aliphatic heterocycles. The summed E-state index contributed by atoms with van der Waals surface area (Å²) in [7, 11) is 1.75. The average molecular weight is 358 g/mol. The maximum atomic E-state index is 12.9. The van der Waals surface area contributed by atoms with Crippen LogP contribution >= 0.6 is 23.8 Å². The van der Waals surface area contributed by atoms with E-state index in [1.54, 1.807) is 22.7 Å². The van der Waals surface area contributed by atoms with E-state index in [0.717, 1.165) is 11.3 Å². The van der Waals surface area contributed by atoms with Crippen LogP contribution in [-0.2, 0) is 6.54 Å². The summed E-state index contributed by atoms with van der Waals surface area (Å²) < 4.78 is 2.22. The Labute approximate surface area is 150 Å². The second kappa shape index (κ2) is 7.03. The van der Waals surface area contributed by atoms with Crippen molar-refractivity contribution >= 4 is 29.7 Å². The molecule has 0 aliphatic carbocycles. The lowest BCUT2D eigenvalue weighted by molar-refractivity contribution is 0.0777. The number of carbonyl (C=O) groups excluding carboxylic acids is 1. The molecule has 0 saturated carbocycles. The van der Waals surface area contributed by atoms with Crippen LogP contribution in [0.25, 0.3) is 5.69 Å². The SMILES string of the molecule is CN(Cc1ccccc1Cl)C(=O)c1c[nH]c(=S)n1-c1ccccc1. The second-order valence-electron chi connectivity index (χ2n) is 5.40. The van der Waals surface area contributed by atoms with Gasteiger partial charge in [-0.2, -0.15) is 0 Å². The highest BCUT2D eigenvalue weighted by Crippen LogP contribution is 2.19. The lowest BCUT2D eigenvalue weighted by atomic mass is 10.2. The monoisotopic (exact) mass is 357 g/mol. The Bertz CT molecular complexity index is 917. The molecule has 24 heavy (non-hydrogen) atoms. The highest BCUT2D eigenvalue weighted by Gasteiger charge is 2.19. The zero-order valence-electron chi connectivity index (χ0n) is 13.1. The van der Waals surface area contributed by atoms with Gasteiger partial charge >= 0.3 is 0 Å². The van der Waals surface area contributed by atoms with Gasteiger partial charge in [0, 0.05) is 30.5 Å². The minimum Gasteiger partial charge on any atom is -0.336 e. The molecule has 1 aromatic heterocycles. The van der Waals surface area contributed by atoms with Crippen LogP contribution in [0.15, 0.2) is 60.8 Å². The van der Waals surface area contributed by atoms with Crippen LogP contribution in [-0.4, -0.2) is 27.4 Å². The quantitative estimate of drug-likeness (QED) is 0.700. The van der Waals surface area contributed by atoms with E-state index in [1.165, 1.54) is 0 Å². The molecule has 0 bridgehead atoms. The number of amides is 1. The Morgan fingerprint density at radius 1 is 1.17 bits per heavy atom. The minimum atomic E-state index is -0.133. The molecule has 1 amide bonds. The van der Waals surface area contributed by atoms with Crippen LogP contribution < -0.4 is 0 Å². The molecular formula is C18H16ClN3OS. The molecule has 3 aromatic rings. The number of H-pyrrole nitrogens is 1. The van der Waals surface area contributed by atoms with Gasteiger partial charge in [0.15, 0.2) is 4.77 Å². The first-order valence-electron chi connectivity index (χ1n) is 7.42. The Balaban J connectivity index is 1.91. The summed E-state index contributed by atoms with van der Waals surface area (Å²) in [5.41, 5.74) is 2.23. The van der Waals surface area contributed by atoms with Crippen molar-refractivity contribution in [2.45, 2.75) is 6.54 Å². The Morgan fingerprint density at radius 3 is 2.54 bits per heavy atom. The Hall–Kier alpha value is -2.37. The summed E-state index contributed by atoms with van der Waals surface area (Å²) in [6.45, 7) is 0.422. The summed E-state index contributed by atoms with van der Waals surface area (Å²) in [4.78, 5) is 17.4. The molecule has 3 rings (SSSR count). The van der Waals surface area contributed by atoms with Crippen LogP contribution in [0.2, 0.25) is 5.02 Å². The van der Waals surface area contributed by atoms with E-state index in [9.17, 15) is 4.79 Å². The van der Waals surface area contributed by atoms with Gasteiger partial charge in [-0.05, 0) is 36.0 Å². The zero-order chi connectivity index (χ0) is 17.1. The predicted octanol–water partition coefficient (Wildman–Crippen LogP) is 4.46. The van der Waals surface area contributed by atoms with Gasteiger partial charge in [-0.3, -0.25) is 9.36 Å². The standard InChI is InChI=1S/C18H16ClN3OS/c1-21(12-13-7-5-6-10-15(13)19)17(23)16-11-20-18(24)22(16)14-8-3-2-4-9-14/h2-11H,12H2,1H3,(H,20,24). The third-order valence-corrected chi connectivity index (χ3v) is 4.39. The van der Waals surface area contributed by atoms with Gasteiger partial charge < -0.3 is 9.88 Å². The van der Waals surface area contributed by atoms with Crippen LogP contribution in [0.1, 0.15) is 16.1 Å². The van der Waals surface area contributed by atoms with Crippen molar-refractivity contribution in [3.63, 3.8) is 0 Å². The number of benzene rings is 2. The first kappa shape index (κ1) is 16.5. The van der Waals surface area contributed by atoms with E-state index in [4.69, 9.17) is 23.8 Å². The highest BCUT2D eigenvalue weighted by molar-refractivity contribution is 7.71. The minimum absolute atomic E-state index is 0.133. The van der Waals surface area contributed by atoms with Gasteiger partial charge in [-0.25, -0.2) is 0 Å². The number of hydrogen-bond acceptors (Lipinski definition) is 2. The zero-order valence-corrected chi connectivity index (χ0v) is 14.6. The van der Waals surface area contributed by atoms with Gasteiger partial charge in [-0.15, -0.1) is 0 Å². The van der Waals surface area contributed by atoms with Crippen molar-refractivity contribution in [3.05, 3.63) is 81.8 Å². The number of para-hydroxylation sites is 1. The molecular weight excluding hydrogens is 342 g/mol. The number of carbonyl (C=O) groups is 1. The number of aromatic nitrogens is 2. The number of nitrogens with zero attached hydrogens (tertiary/aromatic N) is 2. The normalized spacial score (nSPS) is 10.6. The number of aromatic amines is 1. The number of hydrogen-bond donors (Lipinski definition) is 1. The molecule has 2 aromatic carbocycles. The van der Waals surface area contributed by atoms with Crippen LogP contribution in [0.3, 0.4) is 0 Å². The smallest absolute Gasteiger partial charge is 0.272 e. The fourth-order valence-electron chi connectivity index (χ4n) is 2.51. The maximum absolute atomic E-state index is 12.9. The molecule has 6 heteroatoms. The summed E-state index contributed by atoms with van der Waals surface area (Å²) >= 11 is 11.5. The van der Waals surface area contributed by atoms with Crippen molar-refractivity contribution in [2.24, 2.45) is 0 Å². The second-order valence-corrected chi connectivity index (χ2v) is 6.20. The third kappa shape index (κ3) is 3.27. The first-order valence-corrected chi connectivity index (χ1v) is 8.21. The third-order valence-electron chi connectivity index (χ3n) is 3.72. The van der Waals surface area contributed by atoms with E-state index in [1.807, 2.05) is 54.6 Å². The van der Waals surface area contributed by atoms with Crippen LogP contribution in [0.5, 0.6) is 0 Å². The van der Waals surface area contributed by atoms with Crippen molar-refractivity contribution in [3.8, 4) is 5.69 Å². The molecule has 0 aliphatic rings. The molecule has 122 valence electrons. The molecule has 0 saturated heterocycles. The summed E-state index contributed by atoms with van der Waals surface area (Å²) in [5, 5.41) is 0.645. The molecule has 4 nitrogen and oxygen atoms in total. The summed E-state index contributed by atoms with van der Waals surface area (Å²) in [5.74, 6) is -0.133. The Kier molecular flexibility index (Phi) is 4.83. The van der Waals surface area contributed by atoms with Gasteiger partial charge in [0.2, 0.25) is 0 Å². The largest absolute Gasteiger partial charge is 0.336 e. The predicted molar refractivity (Wildman–Crippen MR) is 98.2 cm³/mol. The van der Waals surface area contributed by atoms with E-state index in [0.29, 0.717) is 22.0 Å². The van der Waals surface area contributed by atoms with Gasteiger partial charge in [0.05, 0.1) is 0 Å². The van der Waals surface area contributed by atoms with Crippen LogP contribution in [0.4, 0.5) is 0 Å². The van der Waals surface area contributed by atoms with Gasteiger partial charge in [0.25, 0.3) is 5.91 Å². The number of halogens is 1. The van der Waals surface area contributed by atoms with Crippen molar-refractivity contribution in [1.82, 2.24) is 14.5 Å². The van der Waals surface area contributed by atoms with Gasteiger partial charge in [0.1, 0.15) is 5.69 Å². The topological polar surface area (TPSA) is 41.0 Å². The van der Waals surface area contributed by atoms with E-state index in [2.05, 4.69) is 4.98 Å². The van der Waals surface area contributed by atoms with E-state index >= 15 is 0 Å². The molecule has 0 unspecified atom stereocenters. The summed E-state index contributed by atoms with van der Waals surface area (Å²) in [6, 6.07) is 17.1. The lowest BCUT2D eigenvalue weighted by Gasteiger charge is -2.19. The van der Waals surface area contributed by atoms with Crippen molar-refractivity contribution < 1.29 is 4.79 Å². The van der Waals surface area contributed by atoms with Crippen molar-refractivity contribution in [2.75, 3.05) is 7.05 Å². The molecule has 0 spiro atoms. The molecule has 0 radical (unpaired) electrons. The fourth-order valence-corrected chi connectivity index (χ4v) is 2.97. The average Bonchev–Trinajstić information content (AvgIpc) is 2.98. The highest BCUT2D eigenvalue weighted by atomic mass is 35.5. The first-order chi connectivity index (χ1) is 11.6. The van der Waals surface area contributed by atoms with Gasteiger partial charge in [-0.1, -0.05) is 48.0 Å². The van der Waals surface area contributed by atoms with E-state index in [-0.39, 0.29) is 5.91 Å². The maximum Gasteiger partial charge on any atom is 0.272 e. The number of nitrogens with one attached hydrogen (secondary N) is 1. The Morgan fingerprint density at radius 2 is 1.83 bits per heavy atom. The number of rotatable bonds is 4.